The van der Waals surface area contributed by atoms with E-state index in [-0.39, 0.29) is 0 Å². The van der Waals surface area contributed by atoms with Gasteiger partial charge in [0.1, 0.15) is 5.75 Å². The van der Waals surface area contributed by atoms with E-state index in [9.17, 15) is 0 Å². The summed E-state index contributed by atoms with van der Waals surface area (Å²) in [4.78, 5) is 2.42. The SMILES string of the molecule is CNCc1ccc(Br)cc1Sc1cccc(OC)c1. The summed E-state index contributed by atoms with van der Waals surface area (Å²) in [6, 6.07) is 14.5. The van der Waals surface area contributed by atoms with Gasteiger partial charge in [-0.2, -0.15) is 0 Å². The van der Waals surface area contributed by atoms with Crippen molar-refractivity contribution < 1.29 is 4.74 Å². The maximum atomic E-state index is 5.26. The van der Waals surface area contributed by atoms with Crippen LogP contribution in [0.2, 0.25) is 0 Å². The van der Waals surface area contributed by atoms with Crippen molar-refractivity contribution in [3.8, 4) is 5.75 Å². The summed E-state index contributed by atoms with van der Waals surface area (Å²) in [6.07, 6.45) is 0. The number of nitrogens with one attached hydrogen (secondary N) is 1. The van der Waals surface area contributed by atoms with Crippen LogP contribution in [-0.4, -0.2) is 14.2 Å². The zero-order valence-corrected chi connectivity index (χ0v) is 13.3. The minimum Gasteiger partial charge on any atom is -0.497 e. The maximum Gasteiger partial charge on any atom is 0.119 e. The lowest BCUT2D eigenvalue weighted by atomic mass is 10.2. The fourth-order valence-corrected chi connectivity index (χ4v) is 3.30. The summed E-state index contributed by atoms with van der Waals surface area (Å²) in [5.41, 5.74) is 1.29. The molecule has 2 aromatic rings. The number of hydrogen-bond acceptors (Lipinski definition) is 3. The van der Waals surface area contributed by atoms with Crippen LogP contribution in [0.3, 0.4) is 0 Å². The predicted molar refractivity (Wildman–Crippen MR) is 84.0 cm³/mol. The van der Waals surface area contributed by atoms with Gasteiger partial charge in [-0.3, -0.25) is 0 Å². The second-order valence-electron chi connectivity index (χ2n) is 4.06. The van der Waals surface area contributed by atoms with E-state index in [0.29, 0.717) is 0 Å². The van der Waals surface area contributed by atoms with Crippen LogP contribution in [0.15, 0.2) is 56.7 Å². The third-order valence-electron chi connectivity index (χ3n) is 2.67. The van der Waals surface area contributed by atoms with Gasteiger partial charge in [0, 0.05) is 20.8 Å². The van der Waals surface area contributed by atoms with Crippen LogP contribution in [0.25, 0.3) is 0 Å². The quantitative estimate of drug-likeness (QED) is 0.877. The predicted octanol–water partition coefficient (Wildman–Crippen LogP) is 4.33. The minimum absolute atomic E-state index is 0.861. The van der Waals surface area contributed by atoms with E-state index < -0.39 is 0 Å². The van der Waals surface area contributed by atoms with Gasteiger partial charge in [-0.05, 0) is 42.9 Å². The Bertz CT molecular complexity index is 560. The van der Waals surface area contributed by atoms with Crippen LogP contribution in [0.1, 0.15) is 5.56 Å². The Morgan fingerprint density at radius 2 is 2.05 bits per heavy atom. The molecule has 0 aliphatic heterocycles. The summed E-state index contributed by atoms with van der Waals surface area (Å²) in [5, 5.41) is 3.20. The molecule has 19 heavy (non-hydrogen) atoms. The van der Waals surface area contributed by atoms with E-state index in [2.05, 4.69) is 51.6 Å². The third-order valence-corrected chi connectivity index (χ3v) is 4.25. The molecule has 0 saturated carbocycles. The molecule has 0 aromatic heterocycles. The van der Waals surface area contributed by atoms with Gasteiger partial charge < -0.3 is 10.1 Å². The Kier molecular flexibility index (Phi) is 5.31. The molecule has 4 heteroatoms. The largest absolute Gasteiger partial charge is 0.497 e. The molecule has 0 fully saturated rings. The van der Waals surface area contributed by atoms with E-state index in [1.54, 1.807) is 18.9 Å². The van der Waals surface area contributed by atoms with Crippen LogP contribution in [0.5, 0.6) is 5.75 Å². The lowest BCUT2D eigenvalue weighted by molar-refractivity contribution is 0.413. The topological polar surface area (TPSA) is 21.3 Å². The Morgan fingerprint density at radius 3 is 2.79 bits per heavy atom. The highest BCUT2D eigenvalue weighted by Gasteiger charge is 2.06. The maximum absolute atomic E-state index is 5.26. The summed E-state index contributed by atoms with van der Waals surface area (Å²) in [5.74, 6) is 0.884. The number of methoxy groups -OCH3 is 1. The first-order chi connectivity index (χ1) is 9.22. The van der Waals surface area contributed by atoms with Crippen LogP contribution in [0, 0.1) is 0 Å². The van der Waals surface area contributed by atoms with Gasteiger partial charge in [0.05, 0.1) is 7.11 Å². The van der Waals surface area contributed by atoms with Gasteiger partial charge in [-0.25, -0.2) is 0 Å². The lowest BCUT2D eigenvalue weighted by Crippen LogP contribution is -2.05. The van der Waals surface area contributed by atoms with Gasteiger partial charge in [-0.15, -0.1) is 0 Å². The zero-order valence-electron chi connectivity index (χ0n) is 10.9. The molecule has 2 rings (SSSR count). The number of halogens is 1. The van der Waals surface area contributed by atoms with Gasteiger partial charge in [0.15, 0.2) is 0 Å². The molecule has 2 aromatic carbocycles. The van der Waals surface area contributed by atoms with E-state index >= 15 is 0 Å². The fraction of sp³-hybridized carbons (Fsp3) is 0.200. The normalized spacial score (nSPS) is 10.5. The Morgan fingerprint density at radius 1 is 1.21 bits per heavy atom. The second kappa shape index (κ2) is 6.98. The van der Waals surface area contributed by atoms with Gasteiger partial charge in [0.2, 0.25) is 0 Å². The van der Waals surface area contributed by atoms with Crippen molar-refractivity contribution in [1.29, 1.82) is 0 Å². The molecule has 0 atom stereocenters. The Labute approximate surface area is 126 Å². The van der Waals surface area contributed by atoms with Crippen molar-refractivity contribution in [3.05, 3.63) is 52.5 Å². The monoisotopic (exact) mass is 337 g/mol. The minimum atomic E-state index is 0.861. The Balaban J connectivity index is 2.28. The summed E-state index contributed by atoms with van der Waals surface area (Å²) in [7, 11) is 3.65. The summed E-state index contributed by atoms with van der Waals surface area (Å²) < 4.78 is 6.35. The number of rotatable bonds is 5. The molecule has 0 unspecified atom stereocenters. The van der Waals surface area contributed by atoms with Crippen molar-refractivity contribution in [3.63, 3.8) is 0 Å². The smallest absolute Gasteiger partial charge is 0.119 e. The van der Waals surface area contributed by atoms with Gasteiger partial charge in [-0.1, -0.05) is 39.8 Å². The molecule has 100 valence electrons. The molecule has 0 aliphatic carbocycles. The molecule has 0 amide bonds. The third kappa shape index (κ3) is 4.00. The first-order valence-electron chi connectivity index (χ1n) is 5.98. The number of benzene rings is 2. The van der Waals surface area contributed by atoms with Crippen molar-refractivity contribution in [2.24, 2.45) is 0 Å². The van der Waals surface area contributed by atoms with E-state index in [4.69, 9.17) is 4.74 Å². The fourth-order valence-electron chi connectivity index (χ4n) is 1.75. The molecular formula is C15H16BrNOS. The molecule has 1 N–H and O–H groups in total. The first-order valence-corrected chi connectivity index (χ1v) is 7.59. The second-order valence-corrected chi connectivity index (χ2v) is 6.09. The average molecular weight is 338 g/mol. The van der Waals surface area contributed by atoms with Crippen LogP contribution in [0.4, 0.5) is 0 Å². The molecule has 0 radical (unpaired) electrons. The van der Waals surface area contributed by atoms with Crippen LogP contribution in [-0.2, 0) is 6.54 Å². The van der Waals surface area contributed by atoms with Crippen LogP contribution >= 0.6 is 27.7 Å². The summed E-state index contributed by atoms with van der Waals surface area (Å²) >= 11 is 5.28. The highest BCUT2D eigenvalue weighted by atomic mass is 79.9. The first kappa shape index (κ1) is 14.4. The van der Waals surface area contributed by atoms with Crippen molar-refractivity contribution in [2.45, 2.75) is 16.3 Å². The van der Waals surface area contributed by atoms with E-state index in [0.717, 1.165) is 16.8 Å². The molecule has 0 bridgehead atoms. The van der Waals surface area contributed by atoms with Crippen molar-refractivity contribution in [2.75, 3.05) is 14.2 Å². The Hall–Kier alpha value is -0.970. The van der Waals surface area contributed by atoms with Gasteiger partial charge in [0.25, 0.3) is 0 Å². The summed E-state index contributed by atoms with van der Waals surface area (Å²) in [6.45, 7) is 0.861. The average Bonchev–Trinajstić information content (AvgIpc) is 2.42. The highest BCUT2D eigenvalue weighted by Crippen LogP contribution is 2.34. The van der Waals surface area contributed by atoms with Crippen LogP contribution < -0.4 is 10.1 Å². The number of ether oxygens (including phenoxy) is 1. The van der Waals surface area contributed by atoms with Gasteiger partial charge >= 0.3 is 0 Å². The van der Waals surface area contributed by atoms with Crippen molar-refractivity contribution >= 4 is 27.7 Å². The molecule has 2 nitrogen and oxygen atoms in total. The van der Waals surface area contributed by atoms with E-state index in [1.165, 1.54) is 15.4 Å². The van der Waals surface area contributed by atoms with E-state index in [1.807, 2.05) is 19.2 Å². The molecular weight excluding hydrogens is 322 g/mol. The standard InChI is InChI=1S/C15H16BrNOS/c1-17-10-11-6-7-12(16)8-15(11)19-14-5-3-4-13(9-14)18-2/h3-9,17H,10H2,1-2H3. The molecule has 0 heterocycles. The molecule has 0 aliphatic rings. The zero-order chi connectivity index (χ0) is 13.7. The van der Waals surface area contributed by atoms with Crippen molar-refractivity contribution in [1.82, 2.24) is 5.32 Å². The highest BCUT2D eigenvalue weighted by molar-refractivity contribution is 9.10. The number of hydrogen-bond donors (Lipinski definition) is 1. The molecule has 0 spiro atoms. The lowest BCUT2D eigenvalue weighted by Gasteiger charge is -2.10. The molecule has 0 saturated heterocycles.